The van der Waals surface area contributed by atoms with Crippen molar-refractivity contribution in [3.05, 3.63) is 24.0 Å². The van der Waals surface area contributed by atoms with Crippen LogP contribution in [-0.2, 0) is 0 Å². The maximum atomic E-state index is 11.2. The molecule has 1 saturated heterocycles. The number of piperidine rings is 1. The number of nitrogens with one attached hydrogen (secondary N) is 1. The first kappa shape index (κ1) is 14.8. The molecule has 110 valence electrons. The average Bonchev–Trinajstić information content (AvgIpc) is 2.48. The highest BCUT2D eigenvalue weighted by atomic mass is 16.1. The monoisotopic (exact) mass is 276 g/mol. The average molecular weight is 276 g/mol. The van der Waals surface area contributed by atoms with E-state index in [2.05, 4.69) is 29.0 Å². The third-order valence-corrected chi connectivity index (χ3v) is 4.13. The van der Waals surface area contributed by atoms with Gasteiger partial charge in [-0.1, -0.05) is 6.92 Å². The van der Waals surface area contributed by atoms with E-state index in [0.29, 0.717) is 11.7 Å². The molecule has 1 atom stereocenters. The Morgan fingerprint density at radius 1 is 1.55 bits per heavy atom. The number of carbonyl (C=O) groups is 1. The van der Waals surface area contributed by atoms with Crippen LogP contribution in [0.25, 0.3) is 0 Å². The summed E-state index contributed by atoms with van der Waals surface area (Å²) in [5.41, 5.74) is 6.66. The zero-order valence-electron chi connectivity index (χ0n) is 12.3. The van der Waals surface area contributed by atoms with Gasteiger partial charge in [0.05, 0.1) is 0 Å². The van der Waals surface area contributed by atoms with E-state index in [1.807, 2.05) is 6.07 Å². The molecule has 1 aliphatic rings. The van der Waals surface area contributed by atoms with E-state index in [1.54, 1.807) is 12.3 Å². The number of hydrogen-bond acceptors (Lipinski definition) is 4. The first-order valence-corrected chi connectivity index (χ1v) is 7.36. The van der Waals surface area contributed by atoms with Gasteiger partial charge >= 0.3 is 0 Å². The minimum Gasteiger partial charge on any atom is -0.371 e. The molecule has 2 rings (SSSR count). The first-order valence-electron chi connectivity index (χ1n) is 7.36. The minimum atomic E-state index is -0.470. The molecule has 1 aliphatic heterocycles. The minimum absolute atomic E-state index is 0.339. The Morgan fingerprint density at radius 2 is 2.25 bits per heavy atom. The number of hydrogen-bond donors (Lipinski definition) is 2. The lowest BCUT2D eigenvalue weighted by Crippen LogP contribution is -2.42. The highest BCUT2D eigenvalue weighted by Gasteiger charge is 2.23. The summed E-state index contributed by atoms with van der Waals surface area (Å²) in [5.74, 6) is 0.256. The maximum Gasteiger partial charge on any atom is 0.267 e. The predicted octanol–water partition coefficient (Wildman–Crippen LogP) is 1.39. The second kappa shape index (κ2) is 6.70. The van der Waals surface area contributed by atoms with Crippen LogP contribution in [0.3, 0.4) is 0 Å². The van der Waals surface area contributed by atoms with Crippen LogP contribution in [0.1, 0.15) is 37.2 Å². The molecule has 1 fully saturated rings. The lowest BCUT2D eigenvalue weighted by atomic mass is 9.90. The number of pyridine rings is 1. The molecule has 1 unspecified atom stereocenters. The van der Waals surface area contributed by atoms with Gasteiger partial charge in [0, 0.05) is 31.0 Å². The molecule has 20 heavy (non-hydrogen) atoms. The number of nitrogens with zero attached hydrogens (tertiary/aromatic N) is 2. The molecule has 1 amide bonds. The van der Waals surface area contributed by atoms with Crippen LogP contribution in [0.5, 0.6) is 0 Å². The van der Waals surface area contributed by atoms with E-state index in [-0.39, 0.29) is 0 Å². The molecule has 0 bridgehead atoms. The second-order valence-corrected chi connectivity index (χ2v) is 5.43. The number of aromatic nitrogens is 1. The fourth-order valence-electron chi connectivity index (χ4n) is 2.90. The number of nitrogens with two attached hydrogens (primary N) is 1. The molecule has 2 heterocycles. The normalized spacial score (nSPS) is 18.0. The van der Waals surface area contributed by atoms with Crippen LogP contribution in [0.2, 0.25) is 0 Å². The van der Waals surface area contributed by atoms with Gasteiger partial charge in [0.2, 0.25) is 0 Å². The Bertz CT molecular complexity index is 455. The summed E-state index contributed by atoms with van der Waals surface area (Å²) < 4.78 is 0. The van der Waals surface area contributed by atoms with Crippen molar-refractivity contribution in [1.82, 2.24) is 10.3 Å². The van der Waals surface area contributed by atoms with Gasteiger partial charge in [0.25, 0.3) is 5.91 Å². The molecule has 0 aliphatic carbocycles. The van der Waals surface area contributed by atoms with Crippen LogP contribution >= 0.6 is 0 Å². The molecule has 5 nitrogen and oxygen atoms in total. The van der Waals surface area contributed by atoms with E-state index in [0.717, 1.165) is 31.2 Å². The predicted molar refractivity (Wildman–Crippen MR) is 80.8 cm³/mol. The Balaban J connectivity index is 1.97. The summed E-state index contributed by atoms with van der Waals surface area (Å²) in [4.78, 5) is 17.5. The van der Waals surface area contributed by atoms with E-state index in [9.17, 15) is 4.79 Å². The third kappa shape index (κ3) is 3.48. The first-order chi connectivity index (χ1) is 9.61. The number of rotatable bonds is 5. The van der Waals surface area contributed by atoms with Gasteiger partial charge in [0.1, 0.15) is 5.69 Å². The molecule has 0 aromatic carbocycles. The summed E-state index contributed by atoms with van der Waals surface area (Å²) in [7, 11) is 0. The summed E-state index contributed by atoms with van der Waals surface area (Å²) >= 11 is 0. The highest BCUT2D eigenvalue weighted by Crippen LogP contribution is 2.25. The van der Waals surface area contributed by atoms with Crippen molar-refractivity contribution >= 4 is 11.6 Å². The van der Waals surface area contributed by atoms with Crippen LogP contribution in [0.15, 0.2) is 18.3 Å². The second-order valence-electron chi connectivity index (χ2n) is 5.43. The highest BCUT2D eigenvalue weighted by molar-refractivity contribution is 5.91. The van der Waals surface area contributed by atoms with E-state index in [1.165, 1.54) is 12.8 Å². The van der Waals surface area contributed by atoms with Crippen molar-refractivity contribution in [2.45, 2.75) is 32.7 Å². The quantitative estimate of drug-likeness (QED) is 0.852. The summed E-state index contributed by atoms with van der Waals surface area (Å²) in [5, 5.41) is 3.50. The SMILES string of the molecule is CCNC(C)C1CCN(c2ccnc(C(N)=O)c2)CC1. The van der Waals surface area contributed by atoms with Crippen molar-refractivity contribution in [3.8, 4) is 0 Å². The molecule has 0 radical (unpaired) electrons. The lowest BCUT2D eigenvalue weighted by Gasteiger charge is -2.36. The van der Waals surface area contributed by atoms with Crippen LogP contribution < -0.4 is 16.0 Å². The zero-order chi connectivity index (χ0) is 14.5. The maximum absolute atomic E-state index is 11.2. The standard InChI is InChI=1S/C15H24N4O/c1-3-17-11(2)12-5-8-19(9-6-12)13-4-7-18-14(10-13)15(16)20/h4,7,10-12,17H,3,5-6,8-9H2,1-2H3,(H2,16,20). The molecular weight excluding hydrogens is 252 g/mol. The van der Waals surface area contributed by atoms with Gasteiger partial charge in [-0.25, -0.2) is 0 Å². The third-order valence-electron chi connectivity index (χ3n) is 4.13. The molecule has 0 spiro atoms. The number of anilines is 1. The number of primary amides is 1. The van der Waals surface area contributed by atoms with Crippen LogP contribution in [0.4, 0.5) is 5.69 Å². The smallest absolute Gasteiger partial charge is 0.267 e. The van der Waals surface area contributed by atoms with Gasteiger partial charge in [-0.2, -0.15) is 0 Å². The van der Waals surface area contributed by atoms with Crippen molar-refractivity contribution in [2.24, 2.45) is 11.7 Å². The van der Waals surface area contributed by atoms with Gasteiger partial charge in [-0.15, -0.1) is 0 Å². The Labute approximate surface area is 120 Å². The molecular formula is C15H24N4O. The summed E-state index contributed by atoms with van der Waals surface area (Å²) in [6, 6.07) is 4.30. The largest absolute Gasteiger partial charge is 0.371 e. The fourth-order valence-corrected chi connectivity index (χ4v) is 2.90. The van der Waals surface area contributed by atoms with E-state index >= 15 is 0 Å². The Hall–Kier alpha value is -1.62. The van der Waals surface area contributed by atoms with E-state index in [4.69, 9.17) is 5.73 Å². The zero-order valence-corrected chi connectivity index (χ0v) is 12.3. The Kier molecular flexibility index (Phi) is 4.95. The van der Waals surface area contributed by atoms with Crippen molar-refractivity contribution < 1.29 is 4.79 Å². The van der Waals surface area contributed by atoms with Gasteiger partial charge in [0.15, 0.2) is 0 Å². The van der Waals surface area contributed by atoms with Crippen molar-refractivity contribution in [2.75, 3.05) is 24.5 Å². The molecule has 5 heteroatoms. The summed E-state index contributed by atoms with van der Waals surface area (Å²) in [6.45, 7) is 7.47. The van der Waals surface area contributed by atoms with Crippen LogP contribution in [-0.4, -0.2) is 36.6 Å². The molecule has 1 aromatic rings. The van der Waals surface area contributed by atoms with E-state index < -0.39 is 5.91 Å². The topological polar surface area (TPSA) is 71.2 Å². The molecule has 1 aromatic heterocycles. The van der Waals surface area contributed by atoms with Gasteiger partial charge < -0.3 is 16.0 Å². The lowest BCUT2D eigenvalue weighted by molar-refractivity contribution is 0.0995. The number of amides is 1. The fraction of sp³-hybridized carbons (Fsp3) is 0.600. The molecule has 3 N–H and O–H groups in total. The van der Waals surface area contributed by atoms with Crippen LogP contribution in [0, 0.1) is 5.92 Å². The van der Waals surface area contributed by atoms with Gasteiger partial charge in [-0.3, -0.25) is 9.78 Å². The molecule has 0 saturated carbocycles. The summed E-state index contributed by atoms with van der Waals surface area (Å²) in [6.07, 6.45) is 3.99. The van der Waals surface area contributed by atoms with Gasteiger partial charge in [-0.05, 0) is 44.4 Å². The van der Waals surface area contributed by atoms with Crippen molar-refractivity contribution in [1.29, 1.82) is 0 Å². The Morgan fingerprint density at radius 3 is 2.85 bits per heavy atom. The number of carbonyl (C=O) groups excluding carboxylic acids is 1. The van der Waals surface area contributed by atoms with Crippen molar-refractivity contribution in [3.63, 3.8) is 0 Å².